The Morgan fingerprint density at radius 3 is 2.69 bits per heavy atom. The summed E-state index contributed by atoms with van der Waals surface area (Å²) in [7, 11) is 0. The van der Waals surface area contributed by atoms with Crippen molar-refractivity contribution in [3.8, 4) is 11.6 Å². The Labute approximate surface area is 167 Å². The molecule has 1 N–H and O–H groups in total. The van der Waals surface area contributed by atoms with E-state index in [1.54, 1.807) is 24.3 Å². The number of halogens is 4. The molecule has 0 atom stereocenters. The molecule has 132 valence electrons. The Morgan fingerprint density at radius 1 is 1.15 bits per heavy atom. The molecule has 3 aromatic rings. The molecule has 2 aromatic carbocycles. The number of hydrogen-bond donors (Lipinski definition) is 1. The quantitative estimate of drug-likeness (QED) is 0.499. The number of aromatic nitrogens is 1. The van der Waals surface area contributed by atoms with Crippen molar-refractivity contribution in [2.75, 3.05) is 5.32 Å². The maximum Gasteiger partial charge on any atom is 0.257 e. The Bertz CT molecular complexity index is 985. The Morgan fingerprint density at radius 2 is 1.92 bits per heavy atom. The van der Waals surface area contributed by atoms with Crippen LogP contribution in [-0.2, 0) is 0 Å². The van der Waals surface area contributed by atoms with E-state index in [0.29, 0.717) is 20.9 Å². The highest BCUT2D eigenvalue weighted by Gasteiger charge is 2.15. The van der Waals surface area contributed by atoms with Gasteiger partial charge in [-0.05, 0) is 52.3 Å². The van der Waals surface area contributed by atoms with E-state index in [0.717, 1.165) is 6.07 Å². The number of nitrogens with one attached hydrogen (secondary N) is 1. The van der Waals surface area contributed by atoms with Crippen molar-refractivity contribution in [1.82, 2.24) is 4.98 Å². The van der Waals surface area contributed by atoms with Crippen molar-refractivity contribution < 1.29 is 13.9 Å². The summed E-state index contributed by atoms with van der Waals surface area (Å²) in [6, 6.07) is 12.1. The van der Waals surface area contributed by atoms with Gasteiger partial charge in [-0.1, -0.05) is 35.3 Å². The zero-order valence-electron chi connectivity index (χ0n) is 13.0. The average Bonchev–Trinajstić information content (AvgIpc) is 2.61. The van der Waals surface area contributed by atoms with Gasteiger partial charge in [0.15, 0.2) is 5.75 Å². The predicted molar refractivity (Wildman–Crippen MR) is 103 cm³/mol. The van der Waals surface area contributed by atoms with Crippen LogP contribution in [0.1, 0.15) is 10.4 Å². The fraction of sp³-hybridized carbons (Fsp3) is 0. The van der Waals surface area contributed by atoms with Crippen LogP contribution in [0.15, 0.2) is 59.2 Å². The minimum Gasteiger partial charge on any atom is -0.435 e. The first-order chi connectivity index (χ1) is 12.4. The van der Waals surface area contributed by atoms with Gasteiger partial charge >= 0.3 is 0 Å². The zero-order valence-corrected chi connectivity index (χ0v) is 16.1. The second-order valence-electron chi connectivity index (χ2n) is 5.12. The number of carbonyl (C=O) groups excluding carboxylic acids is 1. The van der Waals surface area contributed by atoms with Crippen LogP contribution < -0.4 is 10.1 Å². The van der Waals surface area contributed by atoms with Crippen LogP contribution in [-0.4, -0.2) is 10.9 Å². The minimum absolute atomic E-state index is 0.143. The highest BCUT2D eigenvalue weighted by molar-refractivity contribution is 9.10. The number of pyridine rings is 1. The third-order valence-corrected chi connectivity index (χ3v) is 4.46. The molecule has 0 bridgehead atoms. The van der Waals surface area contributed by atoms with Crippen LogP contribution in [0.3, 0.4) is 0 Å². The topological polar surface area (TPSA) is 51.2 Å². The van der Waals surface area contributed by atoms with E-state index >= 15 is 0 Å². The van der Waals surface area contributed by atoms with Gasteiger partial charge in [0.25, 0.3) is 5.91 Å². The summed E-state index contributed by atoms with van der Waals surface area (Å²) in [6.45, 7) is 0. The molecule has 0 spiro atoms. The van der Waals surface area contributed by atoms with Gasteiger partial charge in [-0.3, -0.25) is 4.79 Å². The van der Waals surface area contributed by atoms with Crippen molar-refractivity contribution in [3.63, 3.8) is 0 Å². The zero-order chi connectivity index (χ0) is 18.7. The molecule has 0 saturated heterocycles. The number of carbonyl (C=O) groups is 1. The van der Waals surface area contributed by atoms with E-state index in [9.17, 15) is 9.18 Å². The third kappa shape index (κ3) is 4.33. The summed E-state index contributed by atoms with van der Waals surface area (Å²) in [4.78, 5) is 16.5. The number of anilines is 1. The molecule has 3 rings (SSSR count). The van der Waals surface area contributed by atoms with E-state index in [2.05, 4.69) is 26.2 Å². The number of amides is 1. The predicted octanol–water partition coefficient (Wildman–Crippen LogP) is 6.33. The van der Waals surface area contributed by atoms with Crippen LogP contribution in [0.4, 0.5) is 10.1 Å². The van der Waals surface area contributed by atoms with Crippen LogP contribution in [0.5, 0.6) is 11.6 Å². The molecule has 1 heterocycles. The van der Waals surface area contributed by atoms with Crippen molar-refractivity contribution in [2.45, 2.75) is 0 Å². The van der Waals surface area contributed by atoms with E-state index in [1.165, 1.54) is 24.4 Å². The lowest BCUT2D eigenvalue weighted by Gasteiger charge is -2.13. The molecule has 0 unspecified atom stereocenters. The van der Waals surface area contributed by atoms with Crippen LogP contribution >= 0.6 is 39.1 Å². The molecule has 1 amide bonds. The molecule has 0 aliphatic rings. The standard InChI is InChI=1S/C18H10BrCl2FN2O2/c19-13-6-5-11(22)8-12(13)17(25)24-15-3-1-2-4-16(15)26-18-14(21)7-10(20)9-23-18/h1-9H,(H,24,25). The lowest BCUT2D eigenvalue weighted by Crippen LogP contribution is -2.13. The van der Waals surface area contributed by atoms with Crippen LogP contribution in [0.2, 0.25) is 10.0 Å². The monoisotopic (exact) mass is 454 g/mol. The summed E-state index contributed by atoms with van der Waals surface area (Å²) in [5, 5.41) is 3.29. The summed E-state index contributed by atoms with van der Waals surface area (Å²) < 4.78 is 19.6. The number of rotatable bonds is 4. The Hall–Kier alpha value is -2.15. The lowest BCUT2D eigenvalue weighted by molar-refractivity contribution is 0.102. The summed E-state index contributed by atoms with van der Waals surface area (Å²) >= 11 is 15.1. The smallest absolute Gasteiger partial charge is 0.257 e. The molecule has 4 nitrogen and oxygen atoms in total. The molecule has 8 heteroatoms. The van der Waals surface area contributed by atoms with Gasteiger partial charge in [-0.15, -0.1) is 0 Å². The molecule has 1 aromatic heterocycles. The summed E-state index contributed by atoms with van der Waals surface area (Å²) in [5.74, 6) is -0.544. The highest BCUT2D eigenvalue weighted by atomic mass is 79.9. The minimum atomic E-state index is -0.514. The molecule has 0 radical (unpaired) electrons. The van der Waals surface area contributed by atoms with Gasteiger partial charge in [-0.25, -0.2) is 9.37 Å². The molecule has 0 aliphatic heterocycles. The first kappa shape index (κ1) is 18.6. The van der Waals surface area contributed by atoms with Crippen molar-refractivity contribution >= 4 is 50.7 Å². The van der Waals surface area contributed by atoms with E-state index in [1.807, 2.05) is 0 Å². The van der Waals surface area contributed by atoms with Gasteiger partial charge in [-0.2, -0.15) is 0 Å². The van der Waals surface area contributed by atoms with Crippen molar-refractivity contribution in [3.05, 3.63) is 80.6 Å². The normalized spacial score (nSPS) is 10.5. The maximum atomic E-state index is 13.4. The van der Waals surface area contributed by atoms with Gasteiger partial charge in [0, 0.05) is 10.7 Å². The Kier molecular flexibility index (Phi) is 5.76. The molecule has 0 fully saturated rings. The summed E-state index contributed by atoms with van der Waals surface area (Å²) in [5.41, 5.74) is 0.531. The number of nitrogens with zero attached hydrogens (tertiary/aromatic N) is 1. The molecule has 26 heavy (non-hydrogen) atoms. The first-order valence-corrected chi connectivity index (χ1v) is 8.83. The first-order valence-electron chi connectivity index (χ1n) is 7.28. The fourth-order valence-electron chi connectivity index (χ4n) is 2.10. The molecule has 0 aliphatic carbocycles. The van der Waals surface area contributed by atoms with Crippen LogP contribution in [0, 0.1) is 5.82 Å². The molecule has 0 saturated carbocycles. The van der Waals surface area contributed by atoms with Gasteiger partial charge in [0.1, 0.15) is 10.8 Å². The lowest BCUT2D eigenvalue weighted by atomic mass is 10.2. The molecular formula is C18H10BrCl2FN2O2. The third-order valence-electron chi connectivity index (χ3n) is 3.29. The number of benzene rings is 2. The van der Waals surface area contributed by atoms with Crippen molar-refractivity contribution in [1.29, 1.82) is 0 Å². The average molecular weight is 456 g/mol. The Balaban J connectivity index is 1.87. The largest absolute Gasteiger partial charge is 0.435 e. The maximum absolute atomic E-state index is 13.4. The van der Waals surface area contributed by atoms with E-state index in [4.69, 9.17) is 27.9 Å². The van der Waals surface area contributed by atoms with E-state index in [-0.39, 0.29) is 16.5 Å². The van der Waals surface area contributed by atoms with Crippen molar-refractivity contribution in [2.24, 2.45) is 0 Å². The van der Waals surface area contributed by atoms with Crippen LogP contribution in [0.25, 0.3) is 0 Å². The second kappa shape index (κ2) is 8.03. The van der Waals surface area contributed by atoms with Gasteiger partial charge < -0.3 is 10.1 Å². The van der Waals surface area contributed by atoms with E-state index < -0.39 is 11.7 Å². The number of para-hydroxylation sites is 2. The van der Waals surface area contributed by atoms with Gasteiger partial charge in [0.2, 0.25) is 5.88 Å². The highest BCUT2D eigenvalue weighted by Crippen LogP contribution is 2.33. The number of ether oxygens (including phenoxy) is 1. The number of hydrogen-bond acceptors (Lipinski definition) is 3. The second-order valence-corrected chi connectivity index (χ2v) is 6.81. The van der Waals surface area contributed by atoms with Gasteiger partial charge in [0.05, 0.1) is 16.3 Å². The summed E-state index contributed by atoms with van der Waals surface area (Å²) in [6.07, 6.45) is 1.40. The SMILES string of the molecule is O=C(Nc1ccccc1Oc1ncc(Cl)cc1Cl)c1cc(F)ccc1Br. The molecular weight excluding hydrogens is 446 g/mol. The fourth-order valence-corrected chi connectivity index (χ4v) is 2.95.